The molecule has 0 aromatic heterocycles. The Morgan fingerprint density at radius 2 is 1.49 bits per heavy atom. The van der Waals surface area contributed by atoms with Crippen LogP contribution in [-0.2, 0) is 29.8 Å². The van der Waals surface area contributed by atoms with E-state index in [0.29, 0.717) is 33.9 Å². The number of benzene rings is 3. The Labute approximate surface area is 301 Å². The Hall–Kier alpha value is -3.26. The predicted molar refractivity (Wildman–Crippen MR) is 191 cm³/mol. The molecule has 280 valence electrons. The number of rotatable bonds is 13. The van der Waals surface area contributed by atoms with Gasteiger partial charge in [0.25, 0.3) is 0 Å². The number of hydrogen-bond donors (Lipinski definition) is 0. The fourth-order valence-electron chi connectivity index (χ4n) is 6.23. The highest BCUT2D eigenvalue weighted by Gasteiger charge is 2.48. The Morgan fingerprint density at radius 3 is 2.10 bits per heavy atom. The molecule has 0 unspecified atom stereocenters. The van der Waals surface area contributed by atoms with Crippen LogP contribution in [0.5, 0.6) is 23.0 Å². The Kier molecular flexibility index (Phi) is 11.7. The maximum absolute atomic E-state index is 17.1. The molecule has 5 atom stereocenters. The predicted octanol–water partition coefficient (Wildman–Crippen LogP) is 8.65. The maximum atomic E-state index is 17.1. The SMILES string of the molecule is COCOC(C)(C)[C@H]1Cc2c(ccc([C@H]3[C@@H](CO[Si](C)(C)C(C)(C)C)O[C@@H](c4ccc(OC)cc4)O[C@H]3c3cc(OC)c(OC)cc3F)c2F)O1. The highest BCUT2D eigenvalue weighted by molar-refractivity contribution is 6.74. The molecule has 0 aliphatic carbocycles. The Balaban J connectivity index is 1.65. The molecule has 5 rings (SSSR count). The quantitative estimate of drug-likeness (QED) is 0.127. The fraction of sp³-hybridized carbons (Fsp3) is 0.538. The number of fused-ring (bicyclic) bond motifs is 1. The normalized spacial score (nSPS) is 22.3. The molecule has 51 heavy (non-hydrogen) atoms. The van der Waals surface area contributed by atoms with Gasteiger partial charge in [-0.2, -0.15) is 0 Å². The minimum absolute atomic E-state index is 0.0670. The molecule has 2 heterocycles. The molecule has 3 aromatic rings. The van der Waals surface area contributed by atoms with Gasteiger partial charge in [0.1, 0.15) is 41.6 Å². The minimum Gasteiger partial charge on any atom is -0.497 e. The zero-order valence-corrected chi connectivity index (χ0v) is 32.6. The minimum atomic E-state index is -2.33. The van der Waals surface area contributed by atoms with Crippen molar-refractivity contribution in [2.24, 2.45) is 0 Å². The number of ether oxygens (including phenoxy) is 8. The second-order valence-electron chi connectivity index (χ2n) is 15.1. The van der Waals surface area contributed by atoms with E-state index in [2.05, 4.69) is 33.9 Å². The summed E-state index contributed by atoms with van der Waals surface area (Å²) in [5.41, 5.74) is 0.778. The van der Waals surface area contributed by atoms with Crippen LogP contribution in [0.15, 0.2) is 48.5 Å². The lowest BCUT2D eigenvalue weighted by Crippen LogP contribution is -2.46. The first-order valence-electron chi connectivity index (χ1n) is 17.2. The Morgan fingerprint density at radius 1 is 0.824 bits per heavy atom. The van der Waals surface area contributed by atoms with Gasteiger partial charge in [0, 0.05) is 42.2 Å². The first kappa shape index (κ1) is 39.0. The number of halogens is 2. The van der Waals surface area contributed by atoms with Crippen molar-refractivity contribution in [1.82, 2.24) is 0 Å². The maximum Gasteiger partial charge on any atom is 0.192 e. The van der Waals surface area contributed by atoms with Crippen LogP contribution in [0.25, 0.3) is 0 Å². The van der Waals surface area contributed by atoms with Crippen LogP contribution in [-0.4, -0.2) is 68.0 Å². The van der Waals surface area contributed by atoms with E-state index in [4.69, 9.17) is 42.3 Å². The van der Waals surface area contributed by atoms with Crippen molar-refractivity contribution in [1.29, 1.82) is 0 Å². The van der Waals surface area contributed by atoms with Gasteiger partial charge in [0.05, 0.1) is 40.1 Å². The monoisotopic (exact) mass is 730 g/mol. The van der Waals surface area contributed by atoms with Crippen LogP contribution in [0.1, 0.15) is 75.2 Å². The van der Waals surface area contributed by atoms with Gasteiger partial charge in [-0.3, -0.25) is 0 Å². The van der Waals surface area contributed by atoms with Gasteiger partial charge in [-0.05, 0) is 61.8 Å². The molecule has 0 bridgehead atoms. The summed E-state index contributed by atoms with van der Waals surface area (Å²) in [6.45, 7) is 14.7. The topological polar surface area (TPSA) is 83.1 Å². The van der Waals surface area contributed by atoms with Crippen molar-refractivity contribution in [3.05, 3.63) is 82.4 Å². The van der Waals surface area contributed by atoms with Gasteiger partial charge in [-0.15, -0.1) is 0 Å². The van der Waals surface area contributed by atoms with E-state index in [1.807, 2.05) is 26.0 Å². The molecule has 0 N–H and O–H groups in total. The third-order valence-electron chi connectivity index (χ3n) is 10.5. The van der Waals surface area contributed by atoms with Crippen LogP contribution >= 0.6 is 0 Å². The highest BCUT2D eigenvalue weighted by atomic mass is 28.4. The first-order valence-corrected chi connectivity index (χ1v) is 20.1. The van der Waals surface area contributed by atoms with Gasteiger partial charge in [-0.25, -0.2) is 8.78 Å². The lowest BCUT2D eigenvalue weighted by atomic mass is 9.82. The lowest BCUT2D eigenvalue weighted by Gasteiger charge is -2.45. The van der Waals surface area contributed by atoms with Crippen molar-refractivity contribution < 1.29 is 51.1 Å². The summed E-state index contributed by atoms with van der Waals surface area (Å²) in [5, 5.41) is -0.110. The smallest absolute Gasteiger partial charge is 0.192 e. The third-order valence-corrected chi connectivity index (χ3v) is 15.0. The molecule has 0 spiro atoms. The molecule has 9 nitrogen and oxygen atoms in total. The average Bonchev–Trinajstić information content (AvgIpc) is 3.56. The van der Waals surface area contributed by atoms with Crippen LogP contribution in [0.2, 0.25) is 18.1 Å². The molecule has 3 aromatic carbocycles. The molecule has 12 heteroatoms. The van der Waals surface area contributed by atoms with Gasteiger partial charge in [0.2, 0.25) is 0 Å². The van der Waals surface area contributed by atoms with Crippen molar-refractivity contribution >= 4 is 8.32 Å². The van der Waals surface area contributed by atoms with E-state index in [1.54, 1.807) is 44.6 Å². The largest absolute Gasteiger partial charge is 0.497 e. The molecule has 1 fully saturated rings. The van der Waals surface area contributed by atoms with E-state index in [0.717, 1.165) is 0 Å². The molecule has 0 radical (unpaired) electrons. The molecular formula is C39H52F2O9Si. The second kappa shape index (κ2) is 15.4. The summed E-state index contributed by atoms with van der Waals surface area (Å²) in [5.74, 6) is -0.306. The molecule has 1 saturated heterocycles. The summed E-state index contributed by atoms with van der Waals surface area (Å²) in [6, 6.07) is 13.5. The summed E-state index contributed by atoms with van der Waals surface area (Å²) < 4.78 is 87.2. The van der Waals surface area contributed by atoms with Crippen LogP contribution in [0.4, 0.5) is 8.78 Å². The zero-order chi connectivity index (χ0) is 37.3. The van der Waals surface area contributed by atoms with Gasteiger partial charge < -0.3 is 42.3 Å². The number of methoxy groups -OCH3 is 4. The van der Waals surface area contributed by atoms with Gasteiger partial charge >= 0.3 is 0 Å². The molecule has 2 aliphatic rings. The van der Waals surface area contributed by atoms with E-state index >= 15 is 8.78 Å². The van der Waals surface area contributed by atoms with Gasteiger partial charge in [0.15, 0.2) is 26.1 Å². The van der Waals surface area contributed by atoms with E-state index in [-0.39, 0.29) is 36.2 Å². The first-order chi connectivity index (χ1) is 24.0. The van der Waals surface area contributed by atoms with Gasteiger partial charge in [-0.1, -0.05) is 39.0 Å². The second-order valence-corrected chi connectivity index (χ2v) is 19.9. The summed E-state index contributed by atoms with van der Waals surface area (Å²) >= 11 is 0. The lowest BCUT2D eigenvalue weighted by molar-refractivity contribution is -0.266. The van der Waals surface area contributed by atoms with Crippen LogP contribution in [0.3, 0.4) is 0 Å². The zero-order valence-electron chi connectivity index (χ0n) is 31.6. The molecule has 0 amide bonds. The van der Waals surface area contributed by atoms with Crippen molar-refractivity contribution in [2.75, 3.05) is 41.8 Å². The van der Waals surface area contributed by atoms with E-state index in [9.17, 15) is 0 Å². The Bertz CT molecular complexity index is 1660. The third kappa shape index (κ3) is 8.06. The number of hydrogen-bond acceptors (Lipinski definition) is 9. The summed E-state index contributed by atoms with van der Waals surface area (Å²) in [4.78, 5) is 0. The summed E-state index contributed by atoms with van der Waals surface area (Å²) in [7, 11) is 3.72. The van der Waals surface area contributed by atoms with E-state index in [1.165, 1.54) is 20.3 Å². The molecule has 0 saturated carbocycles. The van der Waals surface area contributed by atoms with Crippen molar-refractivity contribution in [2.45, 2.75) is 95.3 Å². The van der Waals surface area contributed by atoms with Crippen LogP contribution in [0, 0.1) is 11.6 Å². The van der Waals surface area contributed by atoms with E-state index < -0.39 is 56.1 Å². The van der Waals surface area contributed by atoms with Crippen LogP contribution < -0.4 is 18.9 Å². The van der Waals surface area contributed by atoms with Crippen molar-refractivity contribution in [3.8, 4) is 23.0 Å². The standard InChI is InChI=1S/C39H52F2O9Si/c1-38(2,3)51(10,11)47-21-32-34(25-16-17-29-27(35(25)41)19-33(48-29)39(4,5)46-22-42-6)36(26-18-30(44-8)31(45-9)20-28(26)40)50-37(49-32)23-12-14-24(43-7)15-13-23/h12-18,20,32-34,36-37H,19,21-22H2,1-11H3/t32-,33-,34+,36+,37-/m1/s1. The average molecular weight is 731 g/mol. The summed E-state index contributed by atoms with van der Waals surface area (Å²) in [6.07, 6.45) is -2.95. The van der Waals surface area contributed by atoms with Crippen molar-refractivity contribution in [3.63, 3.8) is 0 Å². The highest BCUT2D eigenvalue weighted by Crippen LogP contribution is 2.51. The molecule has 2 aliphatic heterocycles. The fourth-order valence-corrected chi connectivity index (χ4v) is 7.24. The molecular weight excluding hydrogens is 679 g/mol.